The Kier molecular flexibility index (Phi) is 6.42. The number of hydrogen-bond donors (Lipinski definition) is 1. The number of primary amides is 1. The van der Waals surface area contributed by atoms with Gasteiger partial charge in [-0.15, -0.1) is 0 Å². The average Bonchev–Trinajstić information content (AvgIpc) is 2.93. The van der Waals surface area contributed by atoms with E-state index in [0.29, 0.717) is 5.56 Å². The van der Waals surface area contributed by atoms with Crippen molar-refractivity contribution in [1.82, 2.24) is 9.47 Å². The summed E-state index contributed by atoms with van der Waals surface area (Å²) in [4.78, 5) is 14.7. The van der Waals surface area contributed by atoms with Crippen molar-refractivity contribution in [2.45, 2.75) is 33.7 Å². The first kappa shape index (κ1) is 20.4. The number of carbonyl (C=O) groups excluding carboxylic acids is 1. The molecule has 1 saturated heterocycles. The van der Waals surface area contributed by atoms with Crippen molar-refractivity contribution in [3.8, 4) is 16.9 Å². The highest BCUT2D eigenvalue weighted by atomic mass is 16.5. The fraction of sp³-hybridized carbons (Fsp3) is 0.500. The Bertz CT molecular complexity index is 851. The van der Waals surface area contributed by atoms with E-state index in [1.807, 2.05) is 26.0 Å². The second-order valence-corrected chi connectivity index (χ2v) is 7.43. The zero-order valence-electron chi connectivity index (χ0n) is 17.4. The maximum Gasteiger partial charge on any atom is 0.251 e. The highest BCUT2D eigenvalue weighted by Crippen LogP contribution is 2.34. The second kappa shape index (κ2) is 8.80. The molecule has 0 aliphatic carbocycles. The Balaban J connectivity index is 1.89. The molecule has 0 unspecified atom stereocenters. The van der Waals surface area contributed by atoms with E-state index in [2.05, 4.69) is 22.5 Å². The average molecular weight is 386 g/mol. The molecule has 1 fully saturated rings. The standard InChI is InChI=1S/C22H31N3O3/c1-15-14-18(6-7-19(15)27-4)20-16(2)25(17(3)21(20)22(23)26)9-5-8-24-10-12-28-13-11-24/h6-7,14H,5,8-13H2,1-4H3,(H2,23,26). The van der Waals surface area contributed by atoms with Crippen molar-refractivity contribution in [3.05, 3.63) is 40.7 Å². The molecular weight excluding hydrogens is 354 g/mol. The van der Waals surface area contributed by atoms with E-state index >= 15 is 0 Å². The van der Waals surface area contributed by atoms with Gasteiger partial charge in [0.05, 0.1) is 25.9 Å². The molecule has 1 aromatic heterocycles. The van der Waals surface area contributed by atoms with E-state index in [4.69, 9.17) is 15.2 Å². The summed E-state index contributed by atoms with van der Waals surface area (Å²) < 4.78 is 13.0. The van der Waals surface area contributed by atoms with Crippen LogP contribution in [0.3, 0.4) is 0 Å². The highest BCUT2D eigenvalue weighted by molar-refractivity contribution is 6.02. The number of aromatic nitrogens is 1. The third kappa shape index (κ3) is 4.08. The summed E-state index contributed by atoms with van der Waals surface area (Å²) in [7, 11) is 1.66. The lowest BCUT2D eigenvalue weighted by Gasteiger charge is -2.26. The molecule has 1 aromatic carbocycles. The van der Waals surface area contributed by atoms with Gasteiger partial charge in [-0.2, -0.15) is 0 Å². The number of nitrogens with two attached hydrogens (primary N) is 1. The van der Waals surface area contributed by atoms with E-state index < -0.39 is 0 Å². The summed E-state index contributed by atoms with van der Waals surface area (Å²) in [5.74, 6) is 0.458. The maximum atomic E-state index is 12.3. The number of ether oxygens (including phenoxy) is 2. The summed E-state index contributed by atoms with van der Waals surface area (Å²) in [6.45, 7) is 11.6. The molecule has 1 amide bonds. The number of carbonyl (C=O) groups is 1. The van der Waals surface area contributed by atoms with E-state index in [1.165, 1.54) is 0 Å². The maximum absolute atomic E-state index is 12.3. The quantitative estimate of drug-likeness (QED) is 0.796. The van der Waals surface area contributed by atoms with Crippen molar-refractivity contribution in [2.24, 2.45) is 5.73 Å². The zero-order chi connectivity index (χ0) is 20.3. The third-order valence-electron chi connectivity index (χ3n) is 5.67. The van der Waals surface area contributed by atoms with Crippen LogP contribution in [0.15, 0.2) is 18.2 Å². The molecule has 6 heteroatoms. The molecule has 0 spiro atoms. The van der Waals surface area contributed by atoms with Crippen LogP contribution in [-0.2, 0) is 11.3 Å². The van der Waals surface area contributed by atoms with Gasteiger partial charge in [-0.05, 0) is 50.5 Å². The molecule has 0 bridgehead atoms. The van der Waals surface area contributed by atoms with Crippen molar-refractivity contribution in [2.75, 3.05) is 40.0 Å². The van der Waals surface area contributed by atoms with Crippen LogP contribution in [0.1, 0.15) is 33.7 Å². The van der Waals surface area contributed by atoms with Crippen LogP contribution < -0.4 is 10.5 Å². The molecular formula is C22H31N3O3. The fourth-order valence-electron chi connectivity index (χ4n) is 4.18. The van der Waals surface area contributed by atoms with Gasteiger partial charge in [0.15, 0.2) is 0 Å². The van der Waals surface area contributed by atoms with Gasteiger partial charge in [-0.1, -0.05) is 6.07 Å². The van der Waals surface area contributed by atoms with Gasteiger partial charge in [-0.25, -0.2) is 0 Å². The third-order valence-corrected chi connectivity index (χ3v) is 5.67. The van der Waals surface area contributed by atoms with E-state index in [-0.39, 0.29) is 5.91 Å². The molecule has 0 atom stereocenters. The number of amides is 1. The number of nitrogens with zero attached hydrogens (tertiary/aromatic N) is 2. The molecule has 0 radical (unpaired) electrons. The van der Waals surface area contributed by atoms with Crippen molar-refractivity contribution >= 4 is 5.91 Å². The summed E-state index contributed by atoms with van der Waals surface area (Å²) in [5.41, 5.74) is 11.4. The van der Waals surface area contributed by atoms with E-state index in [1.54, 1.807) is 7.11 Å². The van der Waals surface area contributed by atoms with Gasteiger partial charge < -0.3 is 19.8 Å². The molecule has 28 heavy (non-hydrogen) atoms. The minimum absolute atomic E-state index is 0.379. The molecule has 1 aliphatic rings. The largest absolute Gasteiger partial charge is 0.496 e. The van der Waals surface area contributed by atoms with Crippen LogP contribution in [0.5, 0.6) is 5.75 Å². The Labute approximate surface area is 167 Å². The van der Waals surface area contributed by atoms with Gasteiger partial charge in [0, 0.05) is 43.1 Å². The van der Waals surface area contributed by atoms with E-state index in [0.717, 1.165) is 79.6 Å². The van der Waals surface area contributed by atoms with Gasteiger partial charge in [-0.3, -0.25) is 9.69 Å². The summed E-state index contributed by atoms with van der Waals surface area (Å²) >= 11 is 0. The molecule has 2 aromatic rings. The number of methoxy groups -OCH3 is 1. The van der Waals surface area contributed by atoms with Crippen LogP contribution in [0.2, 0.25) is 0 Å². The van der Waals surface area contributed by atoms with Crippen LogP contribution in [0.25, 0.3) is 11.1 Å². The Morgan fingerprint density at radius 3 is 2.46 bits per heavy atom. The van der Waals surface area contributed by atoms with Crippen molar-refractivity contribution in [1.29, 1.82) is 0 Å². The van der Waals surface area contributed by atoms with Crippen LogP contribution in [0.4, 0.5) is 0 Å². The van der Waals surface area contributed by atoms with Gasteiger partial charge in [0.2, 0.25) is 0 Å². The topological polar surface area (TPSA) is 69.7 Å². The number of hydrogen-bond acceptors (Lipinski definition) is 4. The Morgan fingerprint density at radius 1 is 1.14 bits per heavy atom. The first-order valence-electron chi connectivity index (χ1n) is 9.88. The highest BCUT2D eigenvalue weighted by Gasteiger charge is 2.23. The molecule has 152 valence electrons. The van der Waals surface area contributed by atoms with Crippen LogP contribution in [-0.4, -0.2) is 55.3 Å². The molecule has 0 saturated carbocycles. The summed E-state index contributed by atoms with van der Waals surface area (Å²) in [6, 6.07) is 6.00. The minimum atomic E-state index is -0.379. The van der Waals surface area contributed by atoms with E-state index in [9.17, 15) is 4.79 Å². The Hall–Kier alpha value is -2.31. The van der Waals surface area contributed by atoms with Crippen LogP contribution in [0, 0.1) is 20.8 Å². The first-order valence-corrected chi connectivity index (χ1v) is 9.88. The Morgan fingerprint density at radius 2 is 1.86 bits per heavy atom. The second-order valence-electron chi connectivity index (χ2n) is 7.43. The number of morpholine rings is 1. The lowest BCUT2D eigenvalue weighted by Crippen LogP contribution is -2.37. The smallest absolute Gasteiger partial charge is 0.251 e. The normalized spacial score (nSPS) is 15.0. The molecule has 2 N–H and O–H groups in total. The predicted octanol–water partition coefficient (Wildman–Crippen LogP) is 2.91. The molecule has 6 nitrogen and oxygen atoms in total. The van der Waals surface area contributed by atoms with Gasteiger partial charge in [0.25, 0.3) is 5.91 Å². The van der Waals surface area contributed by atoms with Gasteiger partial charge >= 0.3 is 0 Å². The lowest BCUT2D eigenvalue weighted by atomic mass is 9.98. The number of rotatable bonds is 7. The minimum Gasteiger partial charge on any atom is -0.496 e. The summed E-state index contributed by atoms with van der Waals surface area (Å²) in [5, 5.41) is 0. The zero-order valence-corrected chi connectivity index (χ0v) is 17.4. The van der Waals surface area contributed by atoms with Crippen LogP contribution >= 0.6 is 0 Å². The lowest BCUT2D eigenvalue weighted by molar-refractivity contribution is 0.0369. The number of benzene rings is 1. The molecule has 2 heterocycles. The predicted molar refractivity (Wildman–Crippen MR) is 111 cm³/mol. The molecule has 1 aliphatic heterocycles. The first-order chi connectivity index (χ1) is 13.4. The SMILES string of the molecule is COc1ccc(-c2c(C(N)=O)c(C)n(CCCN3CCOCC3)c2C)cc1C. The summed E-state index contributed by atoms with van der Waals surface area (Å²) in [6.07, 6.45) is 1.02. The number of aryl methyl sites for hydroxylation is 1. The fourth-order valence-corrected chi connectivity index (χ4v) is 4.18. The van der Waals surface area contributed by atoms with Crippen molar-refractivity contribution in [3.63, 3.8) is 0 Å². The molecule has 3 rings (SSSR count). The monoisotopic (exact) mass is 385 g/mol. The van der Waals surface area contributed by atoms with Crippen molar-refractivity contribution < 1.29 is 14.3 Å². The van der Waals surface area contributed by atoms with Gasteiger partial charge in [0.1, 0.15) is 5.75 Å².